The van der Waals surface area contributed by atoms with E-state index in [4.69, 9.17) is 28.3 Å². The van der Waals surface area contributed by atoms with Crippen LogP contribution >= 0.6 is 23.2 Å². The van der Waals surface area contributed by atoms with Crippen molar-refractivity contribution in [2.24, 2.45) is 29.6 Å². The number of halogens is 2. The lowest BCUT2D eigenvalue weighted by molar-refractivity contribution is -0.0401. The number of nitrogens with zero attached hydrogens (tertiary/aromatic N) is 2. The van der Waals surface area contributed by atoms with E-state index in [1.807, 2.05) is 17.7 Å². The molecule has 33 heavy (non-hydrogen) atoms. The van der Waals surface area contributed by atoms with Crippen molar-refractivity contribution in [1.29, 1.82) is 0 Å². The monoisotopic (exact) mass is 487 g/mol. The van der Waals surface area contributed by atoms with E-state index in [2.05, 4.69) is 19.2 Å². The molecule has 0 spiro atoms. The average molecular weight is 489 g/mol. The summed E-state index contributed by atoms with van der Waals surface area (Å²) in [7, 11) is 0. The molecule has 4 saturated carbocycles. The van der Waals surface area contributed by atoms with Gasteiger partial charge in [-0.3, -0.25) is 4.79 Å². The molecule has 1 aromatic carbocycles. The molecular weight excluding hydrogens is 453 g/mol. The smallest absolute Gasteiger partial charge is 0.272 e. The molecule has 178 valence electrons. The second-order valence-corrected chi connectivity index (χ2v) is 11.9. The number of carbonyl (C=O) groups excluding carboxylic acids is 1. The van der Waals surface area contributed by atoms with Gasteiger partial charge in [-0.05, 0) is 106 Å². The molecule has 0 saturated heterocycles. The molecular formula is C27H35Cl2N3O. The minimum Gasteiger partial charge on any atom is -0.351 e. The number of carbonyl (C=O) groups is 1. The Morgan fingerprint density at radius 1 is 1.12 bits per heavy atom. The lowest BCUT2D eigenvalue weighted by atomic mass is 9.51. The van der Waals surface area contributed by atoms with Gasteiger partial charge in [0.2, 0.25) is 0 Å². The molecule has 4 fully saturated rings. The van der Waals surface area contributed by atoms with Crippen LogP contribution in [0.1, 0.15) is 86.5 Å². The number of amides is 1. The zero-order valence-electron chi connectivity index (χ0n) is 19.9. The van der Waals surface area contributed by atoms with Crippen molar-refractivity contribution in [2.45, 2.75) is 71.6 Å². The number of aromatic nitrogens is 2. The Bertz CT molecular complexity index is 1020. The fourth-order valence-corrected chi connectivity index (χ4v) is 7.86. The standard InChI is InChI=1S/C27H35Cl2N3O/c1-15(2)26-16(3)25(31-32(26)24-7-6-21(28)14-23(24)29)27(33)30-8-4-5-22-19-10-17-9-18(12-19)13-20(22)11-17/h6-7,14-15,17-20,22H,4-5,8-13H2,1-3H3,(H,30,33). The van der Waals surface area contributed by atoms with E-state index in [0.29, 0.717) is 22.3 Å². The van der Waals surface area contributed by atoms with Crippen molar-refractivity contribution in [1.82, 2.24) is 15.1 Å². The predicted octanol–water partition coefficient (Wildman–Crippen LogP) is 7.19. The van der Waals surface area contributed by atoms with Crippen LogP contribution in [0.2, 0.25) is 10.0 Å². The Morgan fingerprint density at radius 2 is 1.79 bits per heavy atom. The molecule has 1 heterocycles. The molecule has 4 aliphatic rings. The Hall–Kier alpha value is -1.52. The summed E-state index contributed by atoms with van der Waals surface area (Å²) in [5.41, 5.74) is 3.14. The molecule has 0 radical (unpaired) electrons. The summed E-state index contributed by atoms with van der Waals surface area (Å²) in [5.74, 6) is 4.93. The van der Waals surface area contributed by atoms with Gasteiger partial charge in [-0.15, -0.1) is 0 Å². The minimum atomic E-state index is -0.0941. The van der Waals surface area contributed by atoms with Crippen LogP contribution in [0.25, 0.3) is 5.69 Å². The zero-order chi connectivity index (χ0) is 23.3. The Morgan fingerprint density at radius 3 is 2.39 bits per heavy atom. The number of rotatable bonds is 7. The van der Waals surface area contributed by atoms with Crippen molar-refractivity contribution in [2.75, 3.05) is 6.54 Å². The molecule has 0 unspecified atom stereocenters. The van der Waals surface area contributed by atoms with Gasteiger partial charge in [0, 0.05) is 17.1 Å². The van der Waals surface area contributed by atoms with Crippen molar-refractivity contribution < 1.29 is 4.79 Å². The quantitative estimate of drug-likeness (QED) is 0.419. The number of nitrogens with one attached hydrogen (secondary N) is 1. The van der Waals surface area contributed by atoms with Gasteiger partial charge in [-0.25, -0.2) is 4.68 Å². The average Bonchev–Trinajstić information content (AvgIpc) is 3.09. The third-order valence-corrected chi connectivity index (χ3v) is 9.03. The van der Waals surface area contributed by atoms with E-state index in [1.54, 1.807) is 12.1 Å². The topological polar surface area (TPSA) is 46.9 Å². The molecule has 4 aliphatic carbocycles. The molecule has 2 aromatic rings. The van der Waals surface area contributed by atoms with Gasteiger partial charge in [0.15, 0.2) is 5.69 Å². The molecule has 6 heteroatoms. The van der Waals surface area contributed by atoms with Crippen molar-refractivity contribution in [3.63, 3.8) is 0 Å². The first kappa shape index (κ1) is 23.2. The Labute approximate surface area is 207 Å². The normalized spacial score (nSPS) is 28.0. The van der Waals surface area contributed by atoms with E-state index in [9.17, 15) is 4.79 Å². The van der Waals surface area contributed by atoms with Crippen LogP contribution in [0.15, 0.2) is 18.2 Å². The maximum Gasteiger partial charge on any atom is 0.272 e. The second kappa shape index (κ2) is 9.26. The first-order valence-corrected chi connectivity index (χ1v) is 13.4. The van der Waals surface area contributed by atoms with Gasteiger partial charge < -0.3 is 5.32 Å². The van der Waals surface area contributed by atoms with Crippen LogP contribution in [0.3, 0.4) is 0 Å². The number of hydrogen-bond donors (Lipinski definition) is 1. The van der Waals surface area contributed by atoms with Crippen molar-refractivity contribution in [3.8, 4) is 5.69 Å². The maximum atomic E-state index is 13.1. The lowest BCUT2D eigenvalue weighted by Crippen LogP contribution is -2.45. The fourth-order valence-electron chi connectivity index (χ4n) is 7.37. The van der Waals surface area contributed by atoms with Crippen molar-refractivity contribution >= 4 is 29.1 Å². The lowest BCUT2D eigenvalue weighted by Gasteiger charge is -2.54. The second-order valence-electron chi connectivity index (χ2n) is 11.0. The van der Waals surface area contributed by atoms with E-state index in [1.165, 1.54) is 38.5 Å². The summed E-state index contributed by atoms with van der Waals surface area (Å²) in [6.45, 7) is 6.91. The highest BCUT2D eigenvalue weighted by atomic mass is 35.5. The van der Waals surface area contributed by atoms with Crippen molar-refractivity contribution in [3.05, 3.63) is 45.2 Å². The van der Waals surface area contributed by atoms with Gasteiger partial charge in [-0.2, -0.15) is 5.10 Å². The fraction of sp³-hybridized carbons (Fsp3) is 0.630. The predicted molar refractivity (Wildman–Crippen MR) is 135 cm³/mol. The van der Waals surface area contributed by atoms with Crippen LogP contribution in [0, 0.1) is 36.5 Å². The summed E-state index contributed by atoms with van der Waals surface area (Å²) >= 11 is 12.5. The van der Waals surface area contributed by atoms with Gasteiger partial charge in [-0.1, -0.05) is 37.0 Å². The molecule has 6 rings (SSSR count). The number of hydrogen-bond acceptors (Lipinski definition) is 2. The Kier molecular flexibility index (Phi) is 6.52. The molecule has 1 aromatic heterocycles. The van der Waals surface area contributed by atoms with Crippen LogP contribution in [0.4, 0.5) is 0 Å². The van der Waals surface area contributed by atoms with Crippen LogP contribution < -0.4 is 5.32 Å². The van der Waals surface area contributed by atoms with Crippen LogP contribution in [-0.4, -0.2) is 22.2 Å². The Balaban J connectivity index is 1.24. The molecule has 1 amide bonds. The maximum absolute atomic E-state index is 13.1. The summed E-state index contributed by atoms with van der Waals surface area (Å²) in [4.78, 5) is 13.1. The van der Waals surface area contributed by atoms with Gasteiger partial charge in [0.05, 0.1) is 16.4 Å². The van der Waals surface area contributed by atoms with E-state index < -0.39 is 0 Å². The van der Waals surface area contributed by atoms with E-state index >= 15 is 0 Å². The zero-order valence-corrected chi connectivity index (χ0v) is 21.4. The summed E-state index contributed by atoms with van der Waals surface area (Å²) in [6.07, 6.45) is 9.66. The summed E-state index contributed by atoms with van der Waals surface area (Å²) in [5, 5.41) is 8.95. The third-order valence-electron chi connectivity index (χ3n) is 8.49. The highest BCUT2D eigenvalue weighted by molar-refractivity contribution is 6.35. The highest BCUT2D eigenvalue weighted by Crippen LogP contribution is 2.57. The van der Waals surface area contributed by atoms with Crippen LogP contribution in [0.5, 0.6) is 0 Å². The minimum absolute atomic E-state index is 0.0941. The van der Waals surface area contributed by atoms with Gasteiger partial charge in [0.1, 0.15) is 0 Å². The molecule has 1 N–H and O–H groups in total. The number of benzene rings is 1. The molecule has 4 bridgehead atoms. The highest BCUT2D eigenvalue weighted by Gasteiger charge is 2.47. The first-order chi connectivity index (χ1) is 15.8. The van der Waals surface area contributed by atoms with Gasteiger partial charge in [0.25, 0.3) is 5.91 Å². The largest absolute Gasteiger partial charge is 0.351 e. The van der Waals surface area contributed by atoms with E-state index in [-0.39, 0.29) is 11.8 Å². The van der Waals surface area contributed by atoms with Gasteiger partial charge >= 0.3 is 0 Å². The third kappa shape index (κ3) is 4.46. The molecule has 0 aliphatic heterocycles. The first-order valence-electron chi connectivity index (χ1n) is 12.6. The van der Waals surface area contributed by atoms with E-state index in [0.717, 1.165) is 53.0 Å². The SMILES string of the molecule is Cc1c(C(=O)NCCCC2C3CC4CC(C3)CC2C4)nn(-c2ccc(Cl)cc2Cl)c1C(C)C. The summed E-state index contributed by atoms with van der Waals surface area (Å²) in [6, 6.07) is 5.37. The molecule has 4 nitrogen and oxygen atoms in total. The molecule has 0 atom stereocenters. The van der Waals surface area contributed by atoms with Crippen LogP contribution in [-0.2, 0) is 0 Å². The summed E-state index contributed by atoms with van der Waals surface area (Å²) < 4.78 is 1.81.